The van der Waals surface area contributed by atoms with E-state index >= 15 is 0 Å². The van der Waals surface area contributed by atoms with Crippen molar-refractivity contribution >= 4 is 34.4 Å². The number of benzene rings is 3. The molecule has 32 heavy (non-hydrogen) atoms. The summed E-state index contributed by atoms with van der Waals surface area (Å²) >= 11 is 0. The fourth-order valence-corrected chi connectivity index (χ4v) is 3.29. The van der Waals surface area contributed by atoms with Gasteiger partial charge in [0.15, 0.2) is 6.61 Å². The molecule has 4 rings (SSSR count). The predicted molar refractivity (Wildman–Crippen MR) is 121 cm³/mol. The van der Waals surface area contributed by atoms with Crippen molar-refractivity contribution < 1.29 is 19.1 Å². The molecule has 0 bridgehead atoms. The normalized spacial score (nSPS) is 10.5. The van der Waals surface area contributed by atoms with Crippen molar-refractivity contribution in [1.29, 1.82) is 0 Å². The van der Waals surface area contributed by atoms with Crippen molar-refractivity contribution in [2.45, 2.75) is 0 Å². The molecule has 0 saturated heterocycles. The number of pyridine rings is 1. The molecule has 7 nitrogen and oxygen atoms in total. The summed E-state index contributed by atoms with van der Waals surface area (Å²) in [6.07, 6.45) is 0. The maximum absolute atomic E-state index is 13.3. The SMILES string of the molecule is NC(=O)COC(=O)c1ccccc1NC(=O)c1cc(-c2ccccc2)nc2ccccc12. The summed E-state index contributed by atoms with van der Waals surface area (Å²) in [6.45, 7) is -0.545. The summed E-state index contributed by atoms with van der Waals surface area (Å²) in [4.78, 5) is 41.2. The number of nitrogens with one attached hydrogen (secondary N) is 1. The number of nitrogens with two attached hydrogens (primary N) is 1. The molecule has 0 aliphatic carbocycles. The Morgan fingerprint density at radius 2 is 1.53 bits per heavy atom. The van der Waals surface area contributed by atoms with Crippen LogP contribution < -0.4 is 11.1 Å². The van der Waals surface area contributed by atoms with E-state index in [1.54, 1.807) is 24.3 Å². The molecule has 0 radical (unpaired) electrons. The number of carbonyl (C=O) groups is 3. The lowest BCUT2D eigenvalue weighted by Crippen LogP contribution is -2.22. The molecule has 0 unspecified atom stereocenters. The molecule has 0 aliphatic rings. The van der Waals surface area contributed by atoms with Crippen LogP contribution in [0.3, 0.4) is 0 Å². The maximum Gasteiger partial charge on any atom is 0.340 e. The van der Waals surface area contributed by atoms with Gasteiger partial charge in [-0.2, -0.15) is 0 Å². The van der Waals surface area contributed by atoms with E-state index in [1.807, 2.05) is 54.6 Å². The van der Waals surface area contributed by atoms with Crippen molar-refractivity contribution in [2.24, 2.45) is 5.73 Å². The minimum absolute atomic E-state index is 0.115. The molecular formula is C25H19N3O4. The predicted octanol–water partition coefficient (Wildman–Crippen LogP) is 3.80. The summed E-state index contributed by atoms with van der Waals surface area (Å²) in [5.74, 6) is -1.93. The average Bonchev–Trinajstić information content (AvgIpc) is 2.82. The zero-order chi connectivity index (χ0) is 22.5. The van der Waals surface area contributed by atoms with Crippen LogP contribution in [0.2, 0.25) is 0 Å². The Bertz CT molecular complexity index is 1320. The second-order valence-electron chi connectivity index (χ2n) is 6.98. The lowest BCUT2D eigenvalue weighted by Gasteiger charge is -2.13. The highest BCUT2D eigenvalue weighted by Crippen LogP contribution is 2.26. The summed E-state index contributed by atoms with van der Waals surface area (Å²) < 4.78 is 4.89. The molecular weight excluding hydrogens is 406 g/mol. The number of anilines is 1. The molecule has 3 N–H and O–H groups in total. The summed E-state index contributed by atoms with van der Waals surface area (Å²) in [6, 6.07) is 25.0. The van der Waals surface area contributed by atoms with E-state index in [0.717, 1.165) is 5.56 Å². The van der Waals surface area contributed by atoms with Gasteiger partial charge in [-0.15, -0.1) is 0 Å². The molecule has 1 heterocycles. The first-order valence-electron chi connectivity index (χ1n) is 9.84. The van der Waals surface area contributed by atoms with E-state index in [-0.39, 0.29) is 11.3 Å². The van der Waals surface area contributed by atoms with Gasteiger partial charge in [0.1, 0.15) is 0 Å². The Hall–Kier alpha value is -4.52. The van der Waals surface area contributed by atoms with Crippen molar-refractivity contribution in [3.63, 3.8) is 0 Å². The number of rotatable bonds is 6. The Morgan fingerprint density at radius 1 is 0.844 bits per heavy atom. The summed E-state index contributed by atoms with van der Waals surface area (Å²) in [5.41, 5.74) is 8.03. The number of primary amides is 1. The molecule has 7 heteroatoms. The van der Waals surface area contributed by atoms with Crippen LogP contribution in [0.15, 0.2) is 84.9 Å². The molecule has 158 valence electrons. The third-order valence-electron chi connectivity index (χ3n) is 4.77. The number of amides is 2. The standard InChI is InChI=1S/C25H19N3O4/c26-23(29)15-32-25(31)18-11-5-7-13-21(18)28-24(30)19-14-22(16-8-2-1-3-9-16)27-20-12-6-4-10-17(19)20/h1-14H,15H2,(H2,26,29)(H,28,30). The van der Waals surface area contributed by atoms with Crippen LogP contribution in [0, 0.1) is 0 Å². The first-order valence-corrected chi connectivity index (χ1v) is 9.84. The number of hydrogen-bond donors (Lipinski definition) is 2. The Balaban J connectivity index is 1.71. The smallest absolute Gasteiger partial charge is 0.340 e. The maximum atomic E-state index is 13.3. The largest absolute Gasteiger partial charge is 0.452 e. The lowest BCUT2D eigenvalue weighted by atomic mass is 10.0. The van der Waals surface area contributed by atoms with E-state index in [4.69, 9.17) is 10.5 Å². The van der Waals surface area contributed by atoms with Gasteiger partial charge in [-0.05, 0) is 24.3 Å². The highest BCUT2D eigenvalue weighted by atomic mass is 16.5. The van der Waals surface area contributed by atoms with Gasteiger partial charge < -0.3 is 15.8 Å². The van der Waals surface area contributed by atoms with Crippen LogP contribution in [-0.2, 0) is 9.53 Å². The van der Waals surface area contributed by atoms with Crippen molar-refractivity contribution in [3.8, 4) is 11.3 Å². The number of hydrogen-bond acceptors (Lipinski definition) is 5. The molecule has 1 aromatic heterocycles. The number of esters is 1. The van der Waals surface area contributed by atoms with Crippen LogP contribution in [0.4, 0.5) is 5.69 Å². The number of aromatic nitrogens is 1. The molecule has 0 spiro atoms. The van der Waals surface area contributed by atoms with Crippen molar-refractivity contribution in [1.82, 2.24) is 4.98 Å². The van der Waals surface area contributed by atoms with Crippen LogP contribution in [0.5, 0.6) is 0 Å². The Morgan fingerprint density at radius 3 is 2.31 bits per heavy atom. The van der Waals surface area contributed by atoms with Gasteiger partial charge in [0.2, 0.25) is 0 Å². The van der Waals surface area contributed by atoms with E-state index in [2.05, 4.69) is 10.3 Å². The van der Waals surface area contributed by atoms with Gasteiger partial charge in [0.25, 0.3) is 11.8 Å². The average molecular weight is 425 g/mol. The molecule has 0 atom stereocenters. The number of fused-ring (bicyclic) bond motifs is 1. The third-order valence-corrected chi connectivity index (χ3v) is 4.77. The van der Waals surface area contributed by atoms with Gasteiger partial charge in [-0.25, -0.2) is 9.78 Å². The Kier molecular flexibility index (Phi) is 5.89. The zero-order valence-corrected chi connectivity index (χ0v) is 16.9. The van der Waals surface area contributed by atoms with Crippen LogP contribution >= 0.6 is 0 Å². The molecule has 4 aromatic rings. The quantitative estimate of drug-likeness (QED) is 0.457. The number of para-hydroxylation sites is 2. The number of carbonyl (C=O) groups excluding carboxylic acids is 3. The lowest BCUT2D eigenvalue weighted by molar-refractivity contribution is -0.121. The van der Waals surface area contributed by atoms with E-state index in [0.29, 0.717) is 22.2 Å². The molecule has 2 amide bonds. The monoisotopic (exact) mass is 425 g/mol. The second kappa shape index (κ2) is 9.09. The fraction of sp³-hybridized carbons (Fsp3) is 0.0400. The van der Waals surface area contributed by atoms with Gasteiger partial charge in [0.05, 0.1) is 28.0 Å². The van der Waals surface area contributed by atoms with Crippen LogP contribution in [0.1, 0.15) is 20.7 Å². The van der Waals surface area contributed by atoms with E-state index in [9.17, 15) is 14.4 Å². The first kappa shape index (κ1) is 20.7. The van der Waals surface area contributed by atoms with Crippen molar-refractivity contribution in [2.75, 3.05) is 11.9 Å². The van der Waals surface area contributed by atoms with Gasteiger partial charge in [-0.3, -0.25) is 9.59 Å². The highest BCUT2D eigenvalue weighted by Gasteiger charge is 2.18. The first-order chi connectivity index (χ1) is 15.5. The summed E-state index contributed by atoms with van der Waals surface area (Å²) in [5, 5.41) is 3.46. The third kappa shape index (κ3) is 4.46. The fourth-order valence-electron chi connectivity index (χ4n) is 3.29. The van der Waals surface area contributed by atoms with Crippen LogP contribution in [-0.4, -0.2) is 29.4 Å². The van der Waals surface area contributed by atoms with Gasteiger partial charge in [-0.1, -0.05) is 60.7 Å². The number of nitrogens with zero attached hydrogens (tertiary/aromatic N) is 1. The topological polar surface area (TPSA) is 111 Å². The molecule has 0 fully saturated rings. The van der Waals surface area contributed by atoms with Gasteiger partial charge >= 0.3 is 5.97 Å². The molecule has 0 aliphatic heterocycles. The molecule has 3 aromatic carbocycles. The zero-order valence-electron chi connectivity index (χ0n) is 16.9. The molecule has 0 saturated carbocycles. The number of ether oxygens (including phenoxy) is 1. The Labute approximate surface area is 183 Å². The summed E-state index contributed by atoms with van der Waals surface area (Å²) in [7, 11) is 0. The minimum atomic E-state index is -0.767. The van der Waals surface area contributed by atoms with E-state index in [1.165, 1.54) is 6.07 Å². The van der Waals surface area contributed by atoms with E-state index < -0.39 is 24.4 Å². The van der Waals surface area contributed by atoms with Gasteiger partial charge in [0, 0.05) is 10.9 Å². The van der Waals surface area contributed by atoms with Crippen LogP contribution in [0.25, 0.3) is 22.2 Å². The second-order valence-corrected chi connectivity index (χ2v) is 6.98. The minimum Gasteiger partial charge on any atom is -0.452 e. The van der Waals surface area contributed by atoms with Crippen molar-refractivity contribution in [3.05, 3.63) is 96.1 Å². The highest BCUT2D eigenvalue weighted by molar-refractivity contribution is 6.14.